The molecule has 3 fully saturated rings. The van der Waals surface area contributed by atoms with E-state index in [1.807, 2.05) is 24.3 Å². The first-order chi connectivity index (χ1) is 13.5. The number of amides is 3. The molecule has 150 valence electrons. The largest absolute Gasteiger partial charge is 0.349 e. The lowest BCUT2D eigenvalue weighted by Gasteiger charge is -2.35. The molecule has 1 aromatic carbocycles. The minimum atomic E-state index is -0.311. The number of thioether (sulfide) groups is 1. The van der Waals surface area contributed by atoms with Crippen LogP contribution >= 0.6 is 11.8 Å². The van der Waals surface area contributed by atoms with E-state index in [9.17, 15) is 14.4 Å². The van der Waals surface area contributed by atoms with Gasteiger partial charge in [0.05, 0.1) is 5.88 Å². The van der Waals surface area contributed by atoms with E-state index in [2.05, 4.69) is 12.2 Å². The summed E-state index contributed by atoms with van der Waals surface area (Å²) in [5.74, 6) is 2.07. The molecule has 2 saturated heterocycles. The summed E-state index contributed by atoms with van der Waals surface area (Å²) in [6, 6.07) is 7.34. The van der Waals surface area contributed by atoms with Crippen molar-refractivity contribution in [3.8, 4) is 0 Å². The number of rotatable bonds is 4. The second kappa shape index (κ2) is 8.15. The quantitative estimate of drug-likeness (QED) is 0.840. The van der Waals surface area contributed by atoms with Gasteiger partial charge in [0, 0.05) is 23.9 Å². The van der Waals surface area contributed by atoms with Gasteiger partial charge >= 0.3 is 0 Å². The van der Waals surface area contributed by atoms with E-state index >= 15 is 0 Å². The zero-order chi connectivity index (χ0) is 19.7. The van der Waals surface area contributed by atoms with Gasteiger partial charge in [0.1, 0.15) is 12.6 Å². The maximum Gasteiger partial charge on any atom is 0.251 e. The molecule has 0 unspecified atom stereocenters. The molecule has 4 rings (SSSR count). The van der Waals surface area contributed by atoms with E-state index in [1.54, 1.807) is 21.6 Å². The van der Waals surface area contributed by atoms with Crippen molar-refractivity contribution in [3.05, 3.63) is 35.4 Å². The van der Waals surface area contributed by atoms with Gasteiger partial charge in [-0.2, -0.15) is 0 Å². The normalized spacial score (nSPS) is 27.7. The van der Waals surface area contributed by atoms with Crippen LogP contribution in [0.3, 0.4) is 0 Å². The predicted molar refractivity (Wildman–Crippen MR) is 109 cm³/mol. The van der Waals surface area contributed by atoms with Crippen molar-refractivity contribution in [1.29, 1.82) is 0 Å². The standard InChI is InChI=1S/C21H27N3O3S/c1-14-2-8-17(9-3-14)22-20(26)16-6-4-15(5-7-16)10-23-11-19(25)24-13-28-12-18(24)21(23)27/h4-7,14,17-18H,2-3,8-13H2,1H3,(H,22,26)/t14?,17?,18-/m0/s1. The highest BCUT2D eigenvalue weighted by Gasteiger charge is 2.42. The summed E-state index contributed by atoms with van der Waals surface area (Å²) in [7, 11) is 0. The third-order valence-corrected chi connectivity index (χ3v) is 7.08. The molecule has 1 atom stereocenters. The fourth-order valence-electron chi connectivity index (χ4n) is 4.22. The monoisotopic (exact) mass is 401 g/mol. The van der Waals surface area contributed by atoms with Gasteiger partial charge in [-0.3, -0.25) is 14.4 Å². The maximum atomic E-state index is 12.6. The van der Waals surface area contributed by atoms with Crippen LogP contribution in [0.4, 0.5) is 0 Å². The predicted octanol–water partition coefficient (Wildman–Crippen LogP) is 2.24. The van der Waals surface area contributed by atoms with Crippen LogP contribution in [0.15, 0.2) is 24.3 Å². The lowest BCUT2D eigenvalue weighted by Crippen LogP contribution is -2.57. The van der Waals surface area contributed by atoms with Crippen molar-refractivity contribution in [2.45, 2.75) is 51.2 Å². The Morgan fingerprint density at radius 2 is 1.86 bits per heavy atom. The first-order valence-corrected chi connectivity index (χ1v) is 11.2. The summed E-state index contributed by atoms with van der Waals surface area (Å²) in [6.45, 7) is 2.81. The second-order valence-electron chi connectivity index (χ2n) is 8.20. The van der Waals surface area contributed by atoms with Crippen molar-refractivity contribution in [2.24, 2.45) is 5.92 Å². The van der Waals surface area contributed by atoms with Gasteiger partial charge in [0.15, 0.2) is 0 Å². The van der Waals surface area contributed by atoms with Gasteiger partial charge in [0.25, 0.3) is 5.91 Å². The average molecular weight is 402 g/mol. The third kappa shape index (κ3) is 4.04. The Morgan fingerprint density at radius 1 is 1.14 bits per heavy atom. The van der Waals surface area contributed by atoms with Crippen molar-refractivity contribution < 1.29 is 14.4 Å². The molecule has 0 bridgehead atoms. The van der Waals surface area contributed by atoms with Gasteiger partial charge in [-0.1, -0.05) is 19.1 Å². The first-order valence-electron chi connectivity index (χ1n) is 10.1. The molecule has 3 amide bonds. The minimum Gasteiger partial charge on any atom is -0.349 e. The fraction of sp³-hybridized carbons (Fsp3) is 0.571. The topological polar surface area (TPSA) is 69.7 Å². The third-order valence-electron chi connectivity index (χ3n) is 6.07. The van der Waals surface area contributed by atoms with Crippen LogP contribution in [0.5, 0.6) is 0 Å². The van der Waals surface area contributed by atoms with Crippen molar-refractivity contribution in [2.75, 3.05) is 18.2 Å². The molecule has 2 heterocycles. The average Bonchev–Trinajstić information content (AvgIpc) is 3.19. The van der Waals surface area contributed by atoms with Crippen LogP contribution < -0.4 is 5.32 Å². The molecular weight excluding hydrogens is 374 g/mol. The molecule has 0 radical (unpaired) electrons. The van der Waals surface area contributed by atoms with E-state index in [0.717, 1.165) is 24.3 Å². The molecule has 6 nitrogen and oxygen atoms in total. The number of carbonyl (C=O) groups excluding carboxylic acids is 3. The smallest absolute Gasteiger partial charge is 0.251 e. The summed E-state index contributed by atoms with van der Waals surface area (Å²) in [5, 5.41) is 3.14. The number of carbonyl (C=O) groups is 3. The Balaban J connectivity index is 1.35. The van der Waals surface area contributed by atoms with Gasteiger partial charge in [-0.05, 0) is 49.3 Å². The van der Waals surface area contributed by atoms with Gasteiger partial charge in [0.2, 0.25) is 11.8 Å². The molecule has 0 aromatic heterocycles. The minimum absolute atomic E-state index is 0.0207. The van der Waals surface area contributed by atoms with E-state index in [1.165, 1.54) is 12.8 Å². The van der Waals surface area contributed by atoms with Gasteiger partial charge < -0.3 is 15.1 Å². The van der Waals surface area contributed by atoms with Crippen LogP contribution in [-0.4, -0.2) is 57.8 Å². The molecule has 28 heavy (non-hydrogen) atoms. The highest BCUT2D eigenvalue weighted by Crippen LogP contribution is 2.27. The van der Waals surface area contributed by atoms with Gasteiger partial charge in [-0.25, -0.2) is 0 Å². The molecule has 7 heteroatoms. The Kier molecular flexibility index (Phi) is 5.62. The Labute approximate surface area is 170 Å². The molecule has 1 saturated carbocycles. The van der Waals surface area contributed by atoms with Crippen LogP contribution in [0.2, 0.25) is 0 Å². The Morgan fingerprint density at radius 3 is 2.57 bits per heavy atom. The molecule has 2 aliphatic heterocycles. The molecule has 1 aliphatic carbocycles. The van der Waals surface area contributed by atoms with E-state index < -0.39 is 0 Å². The van der Waals surface area contributed by atoms with Crippen LogP contribution in [0.1, 0.15) is 48.5 Å². The lowest BCUT2D eigenvalue weighted by atomic mass is 9.87. The SMILES string of the molecule is CC1CCC(NC(=O)c2ccc(CN3CC(=O)N4CSC[C@H]4C3=O)cc2)CC1. The van der Waals surface area contributed by atoms with Crippen molar-refractivity contribution in [3.63, 3.8) is 0 Å². The molecular formula is C21H27N3O3S. The fourth-order valence-corrected chi connectivity index (χ4v) is 5.40. The number of nitrogens with one attached hydrogen (secondary N) is 1. The van der Waals surface area contributed by atoms with E-state index in [4.69, 9.17) is 0 Å². The number of hydrogen-bond donors (Lipinski definition) is 1. The van der Waals surface area contributed by atoms with Crippen LogP contribution in [0.25, 0.3) is 0 Å². The van der Waals surface area contributed by atoms with E-state index in [-0.39, 0.29) is 36.3 Å². The number of benzene rings is 1. The number of fused-ring (bicyclic) bond motifs is 1. The van der Waals surface area contributed by atoms with Crippen LogP contribution in [0, 0.1) is 5.92 Å². The second-order valence-corrected chi connectivity index (χ2v) is 9.20. The molecule has 3 aliphatic rings. The number of nitrogens with zero attached hydrogens (tertiary/aromatic N) is 2. The number of hydrogen-bond acceptors (Lipinski definition) is 4. The number of piperazine rings is 1. The van der Waals surface area contributed by atoms with Gasteiger partial charge in [-0.15, -0.1) is 11.8 Å². The summed E-state index contributed by atoms with van der Waals surface area (Å²) >= 11 is 1.63. The molecule has 1 N–H and O–H groups in total. The summed E-state index contributed by atoms with van der Waals surface area (Å²) in [6.07, 6.45) is 4.44. The maximum absolute atomic E-state index is 12.6. The first kappa shape index (κ1) is 19.3. The highest BCUT2D eigenvalue weighted by molar-refractivity contribution is 7.99. The Hall–Kier alpha value is -2.02. The van der Waals surface area contributed by atoms with E-state index in [0.29, 0.717) is 23.7 Å². The summed E-state index contributed by atoms with van der Waals surface area (Å²) < 4.78 is 0. The highest BCUT2D eigenvalue weighted by atomic mass is 32.2. The van der Waals surface area contributed by atoms with Crippen molar-refractivity contribution >= 4 is 29.5 Å². The molecule has 1 aromatic rings. The lowest BCUT2D eigenvalue weighted by molar-refractivity contribution is -0.153. The van der Waals surface area contributed by atoms with Crippen molar-refractivity contribution in [1.82, 2.24) is 15.1 Å². The zero-order valence-electron chi connectivity index (χ0n) is 16.2. The Bertz CT molecular complexity index is 759. The van der Waals surface area contributed by atoms with Crippen LogP contribution in [-0.2, 0) is 16.1 Å². The zero-order valence-corrected chi connectivity index (χ0v) is 17.0. The molecule has 0 spiro atoms. The summed E-state index contributed by atoms with van der Waals surface area (Å²) in [4.78, 5) is 40.7. The summed E-state index contributed by atoms with van der Waals surface area (Å²) in [5.41, 5.74) is 1.57.